The van der Waals surface area contributed by atoms with E-state index in [-0.39, 0.29) is 48.8 Å². The maximum Gasteiger partial charge on any atom is 0.355 e. The van der Waals surface area contributed by atoms with Gasteiger partial charge in [-0.25, -0.2) is 9.18 Å². The van der Waals surface area contributed by atoms with Crippen molar-refractivity contribution in [1.82, 2.24) is 9.88 Å². The lowest BCUT2D eigenvalue weighted by Crippen LogP contribution is -2.38. The molecule has 0 bridgehead atoms. The van der Waals surface area contributed by atoms with Crippen LogP contribution in [-0.2, 0) is 16.1 Å². The number of rotatable bonds is 8. The number of Topliss-reactive ketones (excluding diaryl/α,β-unsaturated/α-hetero) is 1. The Morgan fingerprint density at radius 3 is 2.39 bits per heavy atom. The van der Waals surface area contributed by atoms with Crippen LogP contribution in [0.5, 0.6) is 0 Å². The number of halogens is 1. The number of aryl methyl sites for hydroxylation is 1. The van der Waals surface area contributed by atoms with Crippen LogP contribution in [0.15, 0.2) is 24.3 Å². The Balaban J connectivity index is 1.84. The van der Waals surface area contributed by atoms with Crippen LogP contribution in [0.1, 0.15) is 70.3 Å². The van der Waals surface area contributed by atoms with Crippen LogP contribution >= 0.6 is 0 Å². The van der Waals surface area contributed by atoms with Crippen molar-refractivity contribution in [2.24, 2.45) is 5.92 Å². The van der Waals surface area contributed by atoms with E-state index in [9.17, 15) is 18.8 Å². The minimum absolute atomic E-state index is 0.0494. The molecule has 1 fully saturated rings. The number of aromatic amines is 1. The van der Waals surface area contributed by atoms with Gasteiger partial charge in [-0.2, -0.15) is 0 Å². The number of nitrogens with zero attached hydrogens (tertiary/aromatic N) is 1. The number of carbonyl (C=O) groups is 3. The monoisotopic (exact) mass is 428 g/mol. The summed E-state index contributed by atoms with van der Waals surface area (Å²) >= 11 is 0. The minimum atomic E-state index is -0.507. The molecule has 1 aliphatic carbocycles. The molecule has 6 nitrogen and oxygen atoms in total. The van der Waals surface area contributed by atoms with Gasteiger partial charge in [0.05, 0.1) is 13.2 Å². The molecule has 0 radical (unpaired) electrons. The highest BCUT2D eigenvalue weighted by Crippen LogP contribution is 2.28. The van der Waals surface area contributed by atoms with E-state index in [1.165, 1.54) is 12.1 Å². The number of carbonyl (C=O) groups excluding carboxylic acids is 3. The molecule has 1 saturated carbocycles. The van der Waals surface area contributed by atoms with Gasteiger partial charge in [0.25, 0.3) is 0 Å². The molecule has 3 rings (SSSR count). The summed E-state index contributed by atoms with van der Waals surface area (Å²) in [4.78, 5) is 43.1. The number of hydrogen-bond acceptors (Lipinski definition) is 4. The van der Waals surface area contributed by atoms with Gasteiger partial charge in [-0.3, -0.25) is 9.59 Å². The number of amides is 1. The lowest BCUT2D eigenvalue weighted by atomic mass is 10.0. The first-order valence-corrected chi connectivity index (χ1v) is 10.7. The highest BCUT2D eigenvalue weighted by molar-refractivity contribution is 6.04. The van der Waals surface area contributed by atoms with Crippen LogP contribution in [-0.4, -0.2) is 40.7 Å². The molecule has 166 valence electrons. The lowest BCUT2D eigenvalue weighted by molar-refractivity contribution is -0.135. The van der Waals surface area contributed by atoms with Crippen LogP contribution in [0, 0.1) is 25.6 Å². The Kier molecular flexibility index (Phi) is 7.25. The van der Waals surface area contributed by atoms with Crippen LogP contribution in [0.4, 0.5) is 4.39 Å². The first-order chi connectivity index (χ1) is 14.8. The highest BCUT2D eigenvalue weighted by Gasteiger charge is 2.30. The molecule has 1 aromatic carbocycles. The number of hydrogen-bond donors (Lipinski definition) is 1. The van der Waals surface area contributed by atoms with Gasteiger partial charge in [0.2, 0.25) is 5.91 Å². The van der Waals surface area contributed by atoms with Crippen molar-refractivity contribution in [2.45, 2.75) is 53.0 Å². The first-order valence-electron chi connectivity index (χ1n) is 10.7. The molecule has 0 spiro atoms. The quantitative estimate of drug-likeness (QED) is 0.501. The third-order valence-electron chi connectivity index (χ3n) is 5.83. The topological polar surface area (TPSA) is 79.5 Å². The molecule has 0 aliphatic heterocycles. The predicted molar refractivity (Wildman–Crippen MR) is 114 cm³/mol. The zero-order valence-corrected chi connectivity index (χ0v) is 18.3. The summed E-state index contributed by atoms with van der Waals surface area (Å²) in [5, 5.41) is 0. The van der Waals surface area contributed by atoms with Crippen molar-refractivity contribution in [2.75, 3.05) is 13.2 Å². The summed E-state index contributed by atoms with van der Waals surface area (Å²) in [6, 6.07) is 5.95. The van der Waals surface area contributed by atoms with E-state index in [4.69, 9.17) is 4.74 Å². The SMILES string of the molecule is CCOC(=O)c1[nH]c(C)c(C(=O)CN(Cc2ccc(F)cc2)C(=O)C2CCCC2)c1C. The first kappa shape index (κ1) is 22.7. The van der Waals surface area contributed by atoms with E-state index in [0.717, 1.165) is 31.2 Å². The maximum atomic E-state index is 13.3. The van der Waals surface area contributed by atoms with Crippen LogP contribution in [0.25, 0.3) is 0 Å². The third kappa shape index (κ3) is 5.21. The van der Waals surface area contributed by atoms with E-state index >= 15 is 0 Å². The smallest absolute Gasteiger partial charge is 0.355 e. The van der Waals surface area contributed by atoms with Crippen molar-refractivity contribution in [1.29, 1.82) is 0 Å². The number of ketones is 1. The Labute approximate surface area is 181 Å². The number of aromatic nitrogens is 1. The van der Waals surface area contributed by atoms with Crippen LogP contribution in [0.2, 0.25) is 0 Å². The van der Waals surface area contributed by atoms with Crippen molar-refractivity contribution in [3.63, 3.8) is 0 Å². The molecule has 1 aliphatic rings. The molecule has 0 atom stereocenters. The van der Waals surface area contributed by atoms with Crippen molar-refractivity contribution < 1.29 is 23.5 Å². The largest absolute Gasteiger partial charge is 0.461 e. The van der Waals surface area contributed by atoms with Crippen molar-refractivity contribution in [3.05, 3.63) is 58.2 Å². The summed E-state index contributed by atoms with van der Waals surface area (Å²) in [6.07, 6.45) is 3.66. The van der Waals surface area contributed by atoms with Gasteiger partial charge in [-0.1, -0.05) is 25.0 Å². The van der Waals surface area contributed by atoms with Crippen molar-refractivity contribution >= 4 is 17.7 Å². The van der Waals surface area contributed by atoms with Gasteiger partial charge < -0.3 is 14.6 Å². The molecule has 0 saturated heterocycles. The molecular formula is C24H29FN2O4. The lowest BCUT2D eigenvalue weighted by Gasteiger charge is -2.25. The van der Waals surface area contributed by atoms with Gasteiger partial charge in [-0.15, -0.1) is 0 Å². The van der Waals surface area contributed by atoms with Crippen molar-refractivity contribution in [3.8, 4) is 0 Å². The summed E-state index contributed by atoms with van der Waals surface area (Å²) in [5.41, 5.74) is 2.52. The normalized spacial score (nSPS) is 13.9. The fourth-order valence-corrected chi connectivity index (χ4v) is 4.28. The number of benzene rings is 1. The fourth-order valence-electron chi connectivity index (χ4n) is 4.28. The molecule has 1 aromatic heterocycles. The van der Waals surface area contributed by atoms with E-state index < -0.39 is 5.97 Å². The van der Waals surface area contributed by atoms with Crippen LogP contribution < -0.4 is 0 Å². The molecule has 1 amide bonds. The zero-order valence-electron chi connectivity index (χ0n) is 18.3. The number of H-pyrrole nitrogens is 1. The standard InChI is InChI=1S/C24H29FN2O4/c1-4-31-24(30)22-15(2)21(16(3)26-22)20(28)14-27(23(29)18-7-5-6-8-18)13-17-9-11-19(25)12-10-17/h9-12,18,26H,4-8,13-14H2,1-3H3. The minimum Gasteiger partial charge on any atom is -0.461 e. The molecular weight excluding hydrogens is 399 g/mol. The summed E-state index contributed by atoms with van der Waals surface area (Å²) in [7, 11) is 0. The van der Waals surface area contributed by atoms with E-state index in [1.807, 2.05) is 0 Å². The second-order valence-electron chi connectivity index (χ2n) is 8.07. The maximum absolute atomic E-state index is 13.3. The van der Waals surface area contributed by atoms with E-state index in [2.05, 4.69) is 4.98 Å². The molecule has 0 unspecified atom stereocenters. The van der Waals surface area contributed by atoms with E-state index in [0.29, 0.717) is 16.8 Å². The van der Waals surface area contributed by atoms with Gasteiger partial charge >= 0.3 is 5.97 Å². The number of nitrogens with one attached hydrogen (secondary N) is 1. The highest BCUT2D eigenvalue weighted by atomic mass is 19.1. The van der Waals surface area contributed by atoms with Gasteiger partial charge in [0, 0.05) is 23.7 Å². The van der Waals surface area contributed by atoms with E-state index in [1.54, 1.807) is 37.8 Å². The average Bonchev–Trinajstić information content (AvgIpc) is 3.37. The number of esters is 1. The van der Waals surface area contributed by atoms with Gasteiger partial charge in [-0.05, 0) is 56.9 Å². The Morgan fingerprint density at radius 2 is 1.77 bits per heavy atom. The Bertz CT molecular complexity index is 959. The predicted octanol–water partition coefficient (Wildman–Crippen LogP) is 4.35. The Morgan fingerprint density at radius 1 is 1.13 bits per heavy atom. The second kappa shape index (κ2) is 9.90. The molecule has 31 heavy (non-hydrogen) atoms. The van der Waals surface area contributed by atoms with Gasteiger partial charge in [0.1, 0.15) is 11.5 Å². The van der Waals surface area contributed by atoms with Gasteiger partial charge in [0.15, 0.2) is 5.78 Å². The molecule has 7 heteroatoms. The third-order valence-corrected chi connectivity index (χ3v) is 5.83. The summed E-state index contributed by atoms with van der Waals surface area (Å²) in [6.45, 7) is 5.51. The number of ether oxygens (including phenoxy) is 1. The van der Waals surface area contributed by atoms with Crippen LogP contribution in [0.3, 0.4) is 0 Å². The second-order valence-corrected chi connectivity index (χ2v) is 8.07. The zero-order chi connectivity index (χ0) is 22.5. The average molecular weight is 429 g/mol. The summed E-state index contributed by atoms with van der Waals surface area (Å²) in [5.74, 6) is -1.23. The fraction of sp³-hybridized carbons (Fsp3) is 0.458. The Hall–Kier alpha value is -2.96. The molecule has 1 N–H and O–H groups in total. The molecule has 2 aromatic rings. The molecule has 1 heterocycles. The summed E-state index contributed by atoms with van der Waals surface area (Å²) < 4.78 is 18.4.